The first-order chi connectivity index (χ1) is 21.4. The van der Waals surface area contributed by atoms with E-state index in [1.807, 2.05) is 97.1 Å². The monoisotopic (exact) mass is 592 g/mol. The Balaban J connectivity index is 1.30. The number of aliphatic hydroxyl groups is 1. The first kappa shape index (κ1) is 28.9. The number of hydrogen-bond donors (Lipinski definition) is 2. The maximum atomic E-state index is 13.7. The third-order valence-corrected chi connectivity index (χ3v) is 7.72. The van der Waals surface area contributed by atoms with Crippen molar-refractivity contribution in [1.82, 2.24) is 9.88 Å². The molecule has 6 rings (SSSR count). The van der Waals surface area contributed by atoms with Gasteiger partial charge in [0, 0.05) is 25.4 Å². The van der Waals surface area contributed by atoms with Crippen molar-refractivity contribution in [1.29, 1.82) is 0 Å². The summed E-state index contributed by atoms with van der Waals surface area (Å²) in [5.41, 5.74) is 3.28. The first-order valence-electron chi connectivity index (χ1n) is 14.5. The van der Waals surface area contributed by atoms with Gasteiger partial charge in [-0.1, -0.05) is 60.7 Å². The predicted octanol–water partition coefficient (Wildman–Crippen LogP) is 6.15. The van der Waals surface area contributed by atoms with E-state index < -0.39 is 18.0 Å². The van der Waals surface area contributed by atoms with Crippen LogP contribution < -0.4 is 9.47 Å². The van der Waals surface area contributed by atoms with Gasteiger partial charge in [-0.15, -0.1) is 0 Å². The quantitative estimate of drug-likeness (QED) is 0.177. The van der Waals surface area contributed by atoms with Crippen LogP contribution in [0.5, 0.6) is 11.5 Å². The highest BCUT2D eigenvalue weighted by Gasteiger charge is 2.27. The van der Waals surface area contributed by atoms with Crippen molar-refractivity contribution in [3.05, 3.63) is 108 Å². The Hall–Kier alpha value is -5.15. The molecule has 0 bridgehead atoms. The Morgan fingerprint density at radius 3 is 2.57 bits per heavy atom. The van der Waals surface area contributed by atoms with Crippen LogP contribution in [-0.4, -0.2) is 51.4 Å². The molecule has 1 amide bonds. The summed E-state index contributed by atoms with van der Waals surface area (Å²) < 4.78 is 17.0. The highest BCUT2D eigenvalue weighted by molar-refractivity contribution is 5.84. The molecule has 0 saturated carbocycles. The van der Waals surface area contributed by atoms with E-state index in [-0.39, 0.29) is 38.6 Å². The summed E-state index contributed by atoms with van der Waals surface area (Å²) >= 11 is 0. The van der Waals surface area contributed by atoms with Gasteiger partial charge in [0.15, 0.2) is 17.1 Å². The second kappa shape index (κ2) is 13.0. The fraction of sp³-hybridized carbons (Fsp3) is 0.229. The normalized spacial score (nSPS) is 13.8. The van der Waals surface area contributed by atoms with Crippen LogP contribution in [0, 0.1) is 0 Å². The highest BCUT2D eigenvalue weighted by Crippen LogP contribution is 2.36. The Kier molecular flexibility index (Phi) is 8.56. The lowest BCUT2D eigenvalue weighted by Crippen LogP contribution is -2.41. The zero-order valence-electron chi connectivity index (χ0n) is 24.0. The van der Waals surface area contributed by atoms with Crippen molar-refractivity contribution in [2.24, 2.45) is 0 Å². The van der Waals surface area contributed by atoms with Crippen LogP contribution in [0.1, 0.15) is 42.2 Å². The van der Waals surface area contributed by atoms with Crippen LogP contribution in [0.25, 0.3) is 27.9 Å². The molecule has 4 aromatic carbocycles. The van der Waals surface area contributed by atoms with Crippen molar-refractivity contribution in [3.8, 4) is 11.5 Å². The van der Waals surface area contributed by atoms with Gasteiger partial charge in [-0.25, -0.2) is 4.98 Å². The van der Waals surface area contributed by atoms with Gasteiger partial charge in [-0.3, -0.25) is 9.59 Å². The van der Waals surface area contributed by atoms with Gasteiger partial charge in [0.25, 0.3) is 5.91 Å². The molecular formula is C35H32N2O7. The molecule has 9 heteroatoms. The van der Waals surface area contributed by atoms with Crippen molar-refractivity contribution in [3.63, 3.8) is 0 Å². The Labute approximate surface area is 254 Å². The van der Waals surface area contributed by atoms with E-state index in [1.54, 1.807) is 4.90 Å². The van der Waals surface area contributed by atoms with Gasteiger partial charge in [-0.2, -0.15) is 0 Å². The number of ether oxygens (including phenoxy) is 2. The maximum Gasteiger partial charge on any atom is 0.303 e. The number of carbonyl (C=O) groups is 2. The summed E-state index contributed by atoms with van der Waals surface area (Å²) in [7, 11) is 0. The van der Waals surface area contributed by atoms with E-state index in [0.717, 1.165) is 27.4 Å². The van der Waals surface area contributed by atoms with Crippen LogP contribution in [-0.2, 0) is 16.1 Å². The number of hydrogen-bond acceptors (Lipinski definition) is 7. The van der Waals surface area contributed by atoms with Crippen LogP contribution >= 0.6 is 0 Å². The van der Waals surface area contributed by atoms with E-state index in [4.69, 9.17) is 19.0 Å². The minimum atomic E-state index is -1.45. The minimum Gasteiger partial charge on any atom is -0.481 e. The number of aromatic nitrogens is 1. The number of benzene rings is 4. The number of aliphatic hydroxyl groups excluding tert-OH is 1. The summed E-state index contributed by atoms with van der Waals surface area (Å²) in [6.45, 7) is 0.639. The number of aliphatic carboxylic acids is 1. The van der Waals surface area contributed by atoms with Crippen molar-refractivity contribution in [2.75, 3.05) is 13.3 Å². The zero-order chi connectivity index (χ0) is 30.5. The smallest absolute Gasteiger partial charge is 0.303 e. The summed E-state index contributed by atoms with van der Waals surface area (Å²) in [5, 5.41) is 22.0. The van der Waals surface area contributed by atoms with E-state index >= 15 is 0 Å². The van der Waals surface area contributed by atoms with Gasteiger partial charge in [0.05, 0.1) is 0 Å². The summed E-state index contributed by atoms with van der Waals surface area (Å²) in [4.78, 5) is 31.0. The van der Waals surface area contributed by atoms with Gasteiger partial charge in [0.2, 0.25) is 12.7 Å². The number of oxazole rings is 1. The fourth-order valence-corrected chi connectivity index (χ4v) is 5.43. The molecule has 0 fully saturated rings. The molecule has 2 heterocycles. The number of allylic oxidation sites excluding steroid dienone is 1. The largest absolute Gasteiger partial charge is 0.481 e. The average molecular weight is 593 g/mol. The zero-order valence-corrected chi connectivity index (χ0v) is 24.0. The molecule has 0 spiro atoms. The molecule has 0 saturated heterocycles. The number of rotatable bonds is 12. The SMILES string of the molecule is O=C(O)CCC(O)C(=O)N(Cc1ccc2ccccc2c1)CC(C/C=C/c1nc2ccccc2o1)c1ccc2c(c1)OCO2. The van der Waals surface area contributed by atoms with Crippen LogP contribution in [0.15, 0.2) is 95.4 Å². The molecule has 0 radical (unpaired) electrons. The third-order valence-electron chi connectivity index (χ3n) is 7.72. The molecule has 1 aromatic heterocycles. The number of carboxylic acid groups (broad SMARTS) is 1. The number of fused-ring (bicyclic) bond motifs is 3. The molecule has 1 aliphatic rings. The van der Waals surface area contributed by atoms with Gasteiger partial charge < -0.3 is 29.0 Å². The number of amides is 1. The molecule has 44 heavy (non-hydrogen) atoms. The predicted molar refractivity (Wildman–Crippen MR) is 165 cm³/mol. The lowest BCUT2D eigenvalue weighted by Gasteiger charge is -2.30. The van der Waals surface area contributed by atoms with E-state index in [1.165, 1.54) is 0 Å². The van der Waals surface area contributed by atoms with Crippen molar-refractivity contribution in [2.45, 2.75) is 37.8 Å². The van der Waals surface area contributed by atoms with Gasteiger partial charge in [-0.05, 0) is 71.1 Å². The number of nitrogens with zero attached hydrogens (tertiary/aromatic N) is 2. The summed E-state index contributed by atoms with van der Waals surface area (Å²) in [6, 6.07) is 27.2. The molecule has 0 aliphatic carbocycles. The number of para-hydroxylation sites is 2. The number of carboxylic acids is 1. The second-order valence-electron chi connectivity index (χ2n) is 10.8. The molecular weight excluding hydrogens is 560 g/mol. The first-order valence-corrected chi connectivity index (χ1v) is 14.5. The lowest BCUT2D eigenvalue weighted by molar-refractivity contribution is -0.143. The molecule has 5 aromatic rings. The standard InChI is InChI=1S/C35H32N2O7/c38-29(15-17-34(39)40)35(41)37(20-23-12-13-24-6-1-2-7-25(24)18-23)21-27(26-14-16-31-32(19-26)43-22-42-31)8-5-11-33-36-28-9-3-4-10-30(28)44-33/h1-7,9-14,16,18-19,27,29,38H,8,15,17,20-22H2,(H,39,40)/b11-5+. The fourth-order valence-electron chi connectivity index (χ4n) is 5.43. The van der Waals surface area contributed by atoms with Crippen LogP contribution in [0.4, 0.5) is 0 Å². The maximum absolute atomic E-state index is 13.7. The Morgan fingerprint density at radius 1 is 0.932 bits per heavy atom. The van der Waals surface area contributed by atoms with Crippen molar-refractivity contribution >= 4 is 39.8 Å². The van der Waals surface area contributed by atoms with E-state index in [0.29, 0.717) is 29.4 Å². The third kappa shape index (κ3) is 6.74. The Bertz CT molecular complexity index is 1800. The second-order valence-corrected chi connectivity index (χ2v) is 10.8. The van der Waals surface area contributed by atoms with Crippen LogP contribution in [0.3, 0.4) is 0 Å². The molecule has 2 N–H and O–H groups in total. The summed E-state index contributed by atoms with van der Waals surface area (Å²) in [5.74, 6) is -0.0364. The average Bonchev–Trinajstić information content (AvgIpc) is 3.68. The Morgan fingerprint density at radius 2 is 1.73 bits per heavy atom. The number of carbonyl (C=O) groups excluding carboxylic acids is 1. The van der Waals surface area contributed by atoms with Crippen molar-refractivity contribution < 1.29 is 33.7 Å². The molecule has 1 aliphatic heterocycles. The lowest BCUT2D eigenvalue weighted by atomic mass is 9.93. The van der Waals surface area contributed by atoms with Gasteiger partial charge in [0.1, 0.15) is 11.6 Å². The summed E-state index contributed by atoms with van der Waals surface area (Å²) in [6.07, 6.45) is 2.37. The van der Waals surface area contributed by atoms with E-state index in [9.17, 15) is 14.7 Å². The molecule has 9 nitrogen and oxygen atoms in total. The van der Waals surface area contributed by atoms with Gasteiger partial charge >= 0.3 is 5.97 Å². The topological polar surface area (TPSA) is 122 Å². The highest BCUT2D eigenvalue weighted by atomic mass is 16.7. The van der Waals surface area contributed by atoms with Crippen LogP contribution in [0.2, 0.25) is 0 Å². The molecule has 224 valence electrons. The molecule has 2 atom stereocenters. The molecule has 2 unspecified atom stereocenters. The minimum absolute atomic E-state index is 0.142. The van der Waals surface area contributed by atoms with E-state index in [2.05, 4.69) is 4.98 Å².